The van der Waals surface area contributed by atoms with Gasteiger partial charge in [-0.25, -0.2) is 0 Å². The van der Waals surface area contributed by atoms with Gasteiger partial charge in [-0.2, -0.15) is 0 Å². The Labute approximate surface area is 162 Å². The van der Waals surface area contributed by atoms with Crippen LogP contribution in [0.15, 0.2) is 60.0 Å². The third kappa shape index (κ3) is 4.43. The standard InChI is InChI=1S/C20H20N4O2S/c1-13-6-4-5-7-18(13)24-12-21-23-20(24)27-15(3)19(26)22-17-10-8-16(9-11-17)14(2)25/h4-12,15H,1-3H3,(H,22,26)/t15-/m1/s1. The molecule has 0 saturated carbocycles. The van der Waals surface area contributed by atoms with Crippen molar-refractivity contribution in [2.75, 3.05) is 5.32 Å². The summed E-state index contributed by atoms with van der Waals surface area (Å²) in [4.78, 5) is 23.8. The quantitative estimate of drug-likeness (QED) is 0.518. The SMILES string of the molecule is CC(=O)c1ccc(NC(=O)[C@@H](C)Sc2nncn2-c2ccccc2C)cc1. The summed E-state index contributed by atoms with van der Waals surface area (Å²) in [6.07, 6.45) is 1.65. The second-order valence-electron chi connectivity index (χ2n) is 6.15. The fourth-order valence-electron chi connectivity index (χ4n) is 2.55. The molecule has 1 amide bonds. The Kier molecular flexibility index (Phi) is 5.71. The number of aryl methyl sites for hydroxylation is 1. The Morgan fingerprint density at radius 2 is 1.81 bits per heavy atom. The molecular weight excluding hydrogens is 360 g/mol. The van der Waals surface area contributed by atoms with Gasteiger partial charge >= 0.3 is 0 Å². The summed E-state index contributed by atoms with van der Waals surface area (Å²) >= 11 is 1.34. The summed E-state index contributed by atoms with van der Waals surface area (Å²) in [5, 5.41) is 11.3. The lowest BCUT2D eigenvalue weighted by molar-refractivity contribution is -0.115. The van der Waals surface area contributed by atoms with Crippen LogP contribution < -0.4 is 5.32 Å². The fourth-order valence-corrected chi connectivity index (χ4v) is 3.38. The molecule has 0 aliphatic heterocycles. The first-order valence-corrected chi connectivity index (χ1v) is 9.38. The van der Waals surface area contributed by atoms with E-state index in [1.165, 1.54) is 18.7 Å². The van der Waals surface area contributed by atoms with Crippen LogP contribution in [0.3, 0.4) is 0 Å². The zero-order valence-corrected chi connectivity index (χ0v) is 16.2. The summed E-state index contributed by atoms with van der Waals surface area (Å²) in [6.45, 7) is 5.35. The smallest absolute Gasteiger partial charge is 0.237 e. The molecule has 0 unspecified atom stereocenters. The van der Waals surface area contributed by atoms with E-state index in [1.807, 2.05) is 42.7 Å². The topological polar surface area (TPSA) is 76.9 Å². The molecule has 1 N–H and O–H groups in total. The second-order valence-corrected chi connectivity index (χ2v) is 7.46. The molecule has 2 aromatic carbocycles. The molecule has 0 aliphatic carbocycles. The van der Waals surface area contributed by atoms with Crippen LogP contribution in [-0.2, 0) is 4.79 Å². The van der Waals surface area contributed by atoms with Gasteiger partial charge in [0.1, 0.15) is 6.33 Å². The van der Waals surface area contributed by atoms with Crippen molar-refractivity contribution in [2.24, 2.45) is 0 Å². The lowest BCUT2D eigenvalue weighted by atomic mass is 10.1. The molecule has 0 saturated heterocycles. The lowest BCUT2D eigenvalue weighted by Crippen LogP contribution is -2.22. The van der Waals surface area contributed by atoms with E-state index in [-0.39, 0.29) is 16.9 Å². The maximum atomic E-state index is 12.5. The van der Waals surface area contributed by atoms with Gasteiger partial charge in [0.05, 0.1) is 10.9 Å². The molecule has 0 aliphatic rings. The number of nitrogens with one attached hydrogen (secondary N) is 1. The number of Topliss-reactive ketones (excluding diaryl/α,β-unsaturated/α-hetero) is 1. The molecule has 0 fully saturated rings. The maximum absolute atomic E-state index is 12.5. The van der Waals surface area contributed by atoms with E-state index in [0.717, 1.165) is 11.3 Å². The number of hydrogen-bond donors (Lipinski definition) is 1. The first-order chi connectivity index (χ1) is 13.0. The number of rotatable bonds is 6. The molecule has 1 atom stereocenters. The number of anilines is 1. The number of thioether (sulfide) groups is 1. The van der Waals surface area contributed by atoms with Crippen molar-refractivity contribution in [2.45, 2.75) is 31.2 Å². The Balaban J connectivity index is 1.70. The predicted octanol–water partition coefficient (Wildman–Crippen LogP) is 3.90. The Morgan fingerprint density at radius 1 is 1.11 bits per heavy atom. The molecule has 7 heteroatoms. The number of nitrogens with zero attached hydrogens (tertiary/aromatic N) is 3. The van der Waals surface area contributed by atoms with Gasteiger partial charge in [0.15, 0.2) is 10.9 Å². The maximum Gasteiger partial charge on any atom is 0.237 e. The molecule has 0 radical (unpaired) electrons. The average Bonchev–Trinajstić information content (AvgIpc) is 3.10. The minimum atomic E-state index is -0.371. The van der Waals surface area contributed by atoms with Crippen LogP contribution >= 0.6 is 11.8 Å². The fraction of sp³-hybridized carbons (Fsp3) is 0.200. The molecule has 1 aromatic heterocycles. The molecule has 27 heavy (non-hydrogen) atoms. The van der Waals surface area contributed by atoms with Gasteiger partial charge in [0, 0.05) is 11.3 Å². The number of carbonyl (C=O) groups excluding carboxylic acids is 2. The highest BCUT2D eigenvalue weighted by Gasteiger charge is 2.19. The van der Waals surface area contributed by atoms with Crippen LogP contribution in [0, 0.1) is 6.92 Å². The highest BCUT2D eigenvalue weighted by molar-refractivity contribution is 8.00. The molecular formula is C20H20N4O2S. The number of amides is 1. The molecule has 0 spiro atoms. The first-order valence-electron chi connectivity index (χ1n) is 8.50. The zero-order chi connectivity index (χ0) is 19.4. The molecule has 3 rings (SSSR count). The number of ketones is 1. The van der Waals surface area contributed by atoms with Crippen molar-refractivity contribution in [1.82, 2.24) is 14.8 Å². The van der Waals surface area contributed by atoms with Crippen molar-refractivity contribution < 1.29 is 9.59 Å². The number of hydrogen-bond acceptors (Lipinski definition) is 5. The number of para-hydroxylation sites is 1. The monoisotopic (exact) mass is 380 g/mol. The van der Waals surface area contributed by atoms with E-state index in [1.54, 1.807) is 30.6 Å². The van der Waals surface area contributed by atoms with Gasteiger partial charge in [-0.3, -0.25) is 14.2 Å². The summed E-state index contributed by atoms with van der Waals surface area (Å²) < 4.78 is 1.88. The Hall–Kier alpha value is -2.93. The first kappa shape index (κ1) is 18.8. The van der Waals surface area contributed by atoms with Gasteiger partial charge in [-0.05, 0) is 56.7 Å². The van der Waals surface area contributed by atoms with Gasteiger partial charge in [-0.15, -0.1) is 10.2 Å². The third-order valence-electron chi connectivity index (χ3n) is 4.10. The van der Waals surface area contributed by atoms with Crippen molar-refractivity contribution in [3.63, 3.8) is 0 Å². The van der Waals surface area contributed by atoms with Gasteiger partial charge in [-0.1, -0.05) is 30.0 Å². The average molecular weight is 380 g/mol. The van der Waals surface area contributed by atoms with E-state index < -0.39 is 0 Å². The zero-order valence-electron chi connectivity index (χ0n) is 15.3. The highest BCUT2D eigenvalue weighted by atomic mass is 32.2. The van der Waals surface area contributed by atoms with Crippen molar-refractivity contribution in [3.05, 3.63) is 66.0 Å². The van der Waals surface area contributed by atoms with Crippen LogP contribution in [0.1, 0.15) is 29.8 Å². The van der Waals surface area contributed by atoms with Crippen molar-refractivity contribution in [3.8, 4) is 5.69 Å². The minimum absolute atomic E-state index is 0.00709. The third-order valence-corrected chi connectivity index (χ3v) is 5.16. The van der Waals surface area contributed by atoms with Gasteiger partial charge in [0.25, 0.3) is 0 Å². The van der Waals surface area contributed by atoms with Crippen molar-refractivity contribution in [1.29, 1.82) is 0 Å². The number of aromatic nitrogens is 3. The highest BCUT2D eigenvalue weighted by Crippen LogP contribution is 2.26. The summed E-state index contributed by atoms with van der Waals surface area (Å²) in [7, 11) is 0. The summed E-state index contributed by atoms with van der Waals surface area (Å²) in [5.41, 5.74) is 3.35. The van der Waals surface area contributed by atoms with E-state index in [9.17, 15) is 9.59 Å². The lowest BCUT2D eigenvalue weighted by Gasteiger charge is -2.13. The van der Waals surface area contributed by atoms with Crippen LogP contribution in [0.2, 0.25) is 0 Å². The van der Waals surface area contributed by atoms with Crippen LogP contribution in [0.5, 0.6) is 0 Å². The van der Waals surface area contributed by atoms with Crippen LogP contribution in [-0.4, -0.2) is 31.7 Å². The molecule has 6 nitrogen and oxygen atoms in total. The van der Waals surface area contributed by atoms with Crippen molar-refractivity contribution >= 4 is 29.1 Å². The normalized spacial score (nSPS) is 11.8. The van der Waals surface area contributed by atoms with Gasteiger partial charge < -0.3 is 5.32 Å². The minimum Gasteiger partial charge on any atom is -0.325 e. The largest absolute Gasteiger partial charge is 0.325 e. The number of benzene rings is 2. The number of carbonyl (C=O) groups is 2. The van der Waals surface area contributed by atoms with E-state index in [0.29, 0.717) is 16.4 Å². The predicted molar refractivity (Wildman–Crippen MR) is 106 cm³/mol. The Bertz CT molecular complexity index is 966. The summed E-state index contributed by atoms with van der Waals surface area (Å²) in [6, 6.07) is 14.8. The van der Waals surface area contributed by atoms with E-state index >= 15 is 0 Å². The van der Waals surface area contributed by atoms with Crippen LogP contribution in [0.4, 0.5) is 5.69 Å². The summed E-state index contributed by atoms with van der Waals surface area (Å²) in [5.74, 6) is -0.151. The molecule has 1 heterocycles. The molecule has 138 valence electrons. The second kappa shape index (κ2) is 8.18. The van der Waals surface area contributed by atoms with E-state index in [4.69, 9.17) is 0 Å². The molecule has 0 bridgehead atoms. The van der Waals surface area contributed by atoms with E-state index in [2.05, 4.69) is 15.5 Å². The molecule has 3 aromatic rings. The Morgan fingerprint density at radius 3 is 2.48 bits per heavy atom. The van der Waals surface area contributed by atoms with Gasteiger partial charge in [0.2, 0.25) is 5.91 Å². The van der Waals surface area contributed by atoms with Crippen LogP contribution in [0.25, 0.3) is 5.69 Å².